The van der Waals surface area contributed by atoms with Crippen LogP contribution >= 0.6 is 0 Å². The number of hydrogen-bond donors (Lipinski definition) is 1. The third-order valence-corrected chi connectivity index (χ3v) is 6.11. The highest BCUT2D eigenvalue weighted by Gasteiger charge is 2.31. The van der Waals surface area contributed by atoms with E-state index in [0.717, 1.165) is 22.9 Å². The summed E-state index contributed by atoms with van der Waals surface area (Å²) in [5.74, 6) is -0.602. The Kier molecular flexibility index (Phi) is 7.79. The van der Waals surface area contributed by atoms with Crippen LogP contribution in [-0.2, 0) is 21.2 Å². The van der Waals surface area contributed by atoms with Crippen molar-refractivity contribution < 1.29 is 17.6 Å². The van der Waals surface area contributed by atoms with E-state index in [4.69, 9.17) is 0 Å². The van der Waals surface area contributed by atoms with Crippen molar-refractivity contribution in [1.29, 1.82) is 0 Å². The van der Waals surface area contributed by atoms with E-state index in [0.29, 0.717) is 31.5 Å². The number of benzene rings is 2. The normalized spacial score (nSPS) is 12.4. The topological polar surface area (TPSA) is 66.5 Å². The van der Waals surface area contributed by atoms with Gasteiger partial charge in [-0.15, -0.1) is 0 Å². The van der Waals surface area contributed by atoms with Gasteiger partial charge in [-0.3, -0.25) is 9.10 Å². The number of halogens is 1. The van der Waals surface area contributed by atoms with Gasteiger partial charge in [-0.1, -0.05) is 25.1 Å². The summed E-state index contributed by atoms with van der Waals surface area (Å²) in [5.41, 5.74) is 3.50. The Morgan fingerprint density at radius 2 is 1.76 bits per heavy atom. The van der Waals surface area contributed by atoms with Crippen LogP contribution in [0.3, 0.4) is 0 Å². The number of anilines is 1. The van der Waals surface area contributed by atoms with Crippen molar-refractivity contribution >= 4 is 21.6 Å². The molecule has 1 unspecified atom stereocenters. The summed E-state index contributed by atoms with van der Waals surface area (Å²) in [6, 6.07) is 10.8. The molecule has 5 nitrogen and oxygen atoms in total. The van der Waals surface area contributed by atoms with Gasteiger partial charge in [0.05, 0.1) is 11.9 Å². The second kappa shape index (κ2) is 9.87. The fourth-order valence-electron chi connectivity index (χ4n) is 3.20. The van der Waals surface area contributed by atoms with Crippen LogP contribution in [0, 0.1) is 19.7 Å². The molecule has 0 spiro atoms. The maximum Gasteiger partial charge on any atom is 0.243 e. The maximum atomic E-state index is 13.0. The number of amides is 1. The van der Waals surface area contributed by atoms with Crippen molar-refractivity contribution in [3.8, 4) is 0 Å². The van der Waals surface area contributed by atoms with Crippen LogP contribution in [0.2, 0.25) is 0 Å². The molecule has 0 aliphatic heterocycles. The van der Waals surface area contributed by atoms with Gasteiger partial charge in [0.15, 0.2) is 0 Å². The predicted molar refractivity (Wildman–Crippen MR) is 115 cm³/mol. The maximum absolute atomic E-state index is 13.0. The quantitative estimate of drug-likeness (QED) is 0.629. The molecule has 0 radical (unpaired) electrons. The van der Waals surface area contributed by atoms with Gasteiger partial charge in [-0.25, -0.2) is 12.8 Å². The number of carbonyl (C=O) groups is 1. The van der Waals surface area contributed by atoms with Crippen molar-refractivity contribution in [3.63, 3.8) is 0 Å². The zero-order valence-electron chi connectivity index (χ0n) is 17.4. The first-order chi connectivity index (χ1) is 13.6. The molecule has 2 aromatic rings. The summed E-state index contributed by atoms with van der Waals surface area (Å²) >= 11 is 0. The summed E-state index contributed by atoms with van der Waals surface area (Å²) < 4.78 is 39.1. The Balaban J connectivity index is 2.07. The third-order valence-electron chi connectivity index (χ3n) is 4.93. The average Bonchev–Trinajstić information content (AvgIpc) is 2.66. The highest BCUT2D eigenvalue weighted by Crippen LogP contribution is 2.25. The lowest BCUT2D eigenvalue weighted by Gasteiger charge is -2.30. The molecule has 29 heavy (non-hydrogen) atoms. The number of nitrogens with one attached hydrogen (secondary N) is 1. The van der Waals surface area contributed by atoms with Gasteiger partial charge in [0, 0.05) is 6.54 Å². The predicted octanol–water partition coefficient (Wildman–Crippen LogP) is 3.74. The first-order valence-electron chi connectivity index (χ1n) is 9.72. The van der Waals surface area contributed by atoms with Gasteiger partial charge >= 0.3 is 0 Å². The second-order valence-corrected chi connectivity index (χ2v) is 9.13. The Bertz CT molecular complexity index is 943. The largest absolute Gasteiger partial charge is 0.354 e. The zero-order chi connectivity index (χ0) is 21.6. The molecule has 0 bridgehead atoms. The van der Waals surface area contributed by atoms with Crippen molar-refractivity contribution in [2.45, 2.75) is 46.1 Å². The molecule has 0 saturated heterocycles. The van der Waals surface area contributed by atoms with Crippen LogP contribution in [0.5, 0.6) is 0 Å². The second-order valence-electron chi connectivity index (χ2n) is 7.27. The van der Waals surface area contributed by atoms with Crippen molar-refractivity contribution in [2.24, 2.45) is 0 Å². The minimum atomic E-state index is -3.64. The molecule has 1 amide bonds. The molecule has 0 heterocycles. The number of carbonyl (C=O) groups excluding carboxylic acids is 1. The van der Waals surface area contributed by atoms with Crippen molar-refractivity contribution in [1.82, 2.24) is 5.32 Å². The lowest BCUT2D eigenvalue weighted by molar-refractivity contribution is -0.122. The molecule has 1 atom stereocenters. The summed E-state index contributed by atoms with van der Waals surface area (Å²) in [6.07, 6.45) is 2.84. The average molecular weight is 421 g/mol. The summed E-state index contributed by atoms with van der Waals surface area (Å²) in [4.78, 5) is 12.8. The van der Waals surface area contributed by atoms with Crippen LogP contribution in [0.25, 0.3) is 0 Å². The first kappa shape index (κ1) is 22.9. The van der Waals surface area contributed by atoms with Crippen molar-refractivity contribution in [3.05, 3.63) is 65.0 Å². The highest BCUT2D eigenvalue weighted by atomic mass is 32.2. The number of hydrogen-bond acceptors (Lipinski definition) is 3. The van der Waals surface area contributed by atoms with E-state index in [1.54, 1.807) is 31.2 Å². The minimum Gasteiger partial charge on any atom is -0.354 e. The Morgan fingerprint density at radius 1 is 1.10 bits per heavy atom. The molecule has 0 aliphatic rings. The van der Waals surface area contributed by atoms with Crippen LogP contribution in [0.1, 0.15) is 36.5 Å². The molecule has 2 rings (SSSR count). The van der Waals surface area contributed by atoms with Gasteiger partial charge in [0.25, 0.3) is 0 Å². The Labute approximate surface area is 173 Å². The van der Waals surface area contributed by atoms with E-state index in [1.165, 1.54) is 16.4 Å². The van der Waals surface area contributed by atoms with Crippen LogP contribution in [0.4, 0.5) is 10.1 Å². The number of rotatable bonds is 9. The lowest BCUT2D eigenvalue weighted by Crippen LogP contribution is -2.49. The van der Waals surface area contributed by atoms with Gasteiger partial charge in [0.1, 0.15) is 11.9 Å². The van der Waals surface area contributed by atoms with E-state index in [-0.39, 0.29) is 11.7 Å². The Hall–Kier alpha value is -2.41. The number of nitrogens with zero attached hydrogens (tertiary/aromatic N) is 1. The molecule has 0 saturated carbocycles. The van der Waals surface area contributed by atoms with E-state index < -0.39 is 16.1 Å². The molecule has 0 fully saturated rings. The molecule has 2 aromatic carbocycles. The monoisotopic (exact) mass is 420 g/mol. The van der Waals surface area contributed by atoms with Gasteiger partial charge in [-0.05, 0) is 74.1 Å². The summed E-state index contributed by atoms with van der Waals surface area (Å²) in [7, 11) is -3.64. The molecular weight excluding hydrogens is 391 g/mol. The molecule has 1 N–H and O–H groups in total. The van der Waals surface area contributed by atoms with E-state index in [1.807, 2.05) is 19.9 Å². The summed E-state index contributed by atoms with van der Waals surface area (Å²) in [6.45, 7) is 6.07. The fraction of sp³-hybridized carbons (Fsp3) is 0.409. The number of sulfonamides is 1. The number of aryl methyl sites for hydroxylation is 3. The minimum absolute atomic E-state index is 0.278. The molecule has 0 aromatic heterocycles. The Morgan fingerprint density at radius 3 is 2.31 bits per heavy atom. The SMILES string of the molecule is CCC(C(=O)NCCCc1ccc(F)cc1)N(c1ccc(C)c(C)c1)S(C)(=O)=O. The van der Waals surface area contributed by atoms with Crippen LogP contribution in [0.15, 0.2) is 42.5 Å². The van der Waals surface area contributed by atoms with E-state index >= 15 is 0 Å². The van der Waals surface area contributed by atoms with E-state index in [2.05, 4.69) is 5.32 Å². The van der Waals surface area contributed by atoms with E-state index in [9.17, 15) is 17.6 Å². The van der Waals surface area contributed by atoms with Gasteiger partial charge in [0.2, 0.25) is 15.9 Å². The van der Waals surface area contributed by atoms with Gasteiger partial charge in [-0.2, -0.15) is 0 Å². The third kappa shape index (κ3) is 6.29. The standard InChI is InChI=1S/C22H29FN2O3S/c1-5-21(22(26)24-14-6-7-18-9-11-19(23)12-10-18)25(29(4,27)28)20-13-8-16(2)17(3)15-20/h8-13,15,21H,5-7,14H2,1-4H3,(H,24,26). The zero-order valence-corrected chi connectivity index (χ0v) is 18.2. The molecule has 0 aliphatic carbocycles. The highest BCUT2D eigenvalue weighted by molar-refractivity contribution is 7.92. The summed E-state index contributed by atoms with van der Waals surface area (Å²) in [5, 5.41) is 2.84. The lowest BCUT2D eigenvalue weighted by atomic mass is 10.1. The fourth-order valence-corrected chi connectivity index (χ4v) is 4.40. The van der Waals surface area contributed by atoms with Crippen LogP contribution in [-0.4, -0.2) is 33.2 Å². The molecule has 158 valence electrons. The first-order valence-corrected chi connectivity index (χ1v) is 11.6. The molecular formula is C22H29FN2O3S. The van der Waals surface area contributed by atoms with Crippen molar-refractivity contribution in [2.75, 3.05) is 17.1 Å². The molecule has 7 heteroatoms. The van der Waals surface area contributed by atoms with Crippen LogP contribution < -0.4 is 9.62 Å². The van der Waals surface area contributed by atoms with Gasteiger partial charge < -0.3 is 5.32 Å². The smallest absolute Gasteiger partial charge is 0.243 e.